The molecule has 0 radical (unpaired) electrons. The second-order valence-electron chi connectivity index (χ2n) is 6.90. The molecule has 1 saturated heterocycles. The molecule has 1 N–H and O–H groups in total. The Labute approximate surface area is 162 Å². The number of aryl methyl sites for hydroxylation is 2. The number of hydrogen-bond acceptors (Lipinski definition) is 6. The van der Waals surface area contributed by atoms with Crippen LogP contribution in [0, 0.1) is 13.8 Å². The lowest BCUT2D eigenvalue weighted by Gasteiger charge is -2.33. The zero-order valence-corrected chi connectivity index (χ0v) is 16.0. The minimum Gasteiger partial charge on any atom is -0.418 e. The van der Waals surface area contributed by atoms with Crippen LogP contribution in [-0.4, -0.2) is 51.0 Å². The van der Waals surface area contributed by atoms with Crippen LogP contribution in [0.25, 0.3) is 11.5 Å². The van der Waals surface area contributed by atoms with Crippen molar-refractivity contribution in [3.8, 4) is 11.5 Å². The average Bonchev–Trinajstić information content (AvgIpc) is 3.34. The van der Waals surface area contributed by atoms with Crippen LogP contribution in [0.5, 0.6) is 0 Å². The number of carbonyl (C=O) groups excluding carboxylic acids is 1. The van der Waals surface area contributed by atoms with Gasteiger partial charge >= 0.3 is 0 Å². The van der Waals surface area contributed by atoms with Gasteiger partial charge in [-0.2, -0.15) is 5.10 Å². The molecular weight excluding hydrogens is 358 g/mol. The monoisotopic (exact) mass is 381 g/mol. The number of ether oxygens (including phenoxy) is 1. The van der Waals surface area contributed by atoms with E-state index in [-0.39, 0.29) is 11.9 Å². The van der Waals surface area contributed by atoms with Crippen molar-refractivity contribution in [2.75, 3.05) is 19.8 Å². The molecule has 0 bridgehead atoms. The average molecular weight is 381 g/mol. The van der Waals surface area contributed by atoms with E-state index in [1.807, 2.05) is 44.2 Å². The maximum atomic E-state index is 12.9. The van der Waals surface area contributed by atoms with E-state index in [0.29, 0.717) is 44.4 Å². The van der Waals surface area contributed by atoms with Crippen LogP contribution in [0.4, 0.5) is 0 Å². The van der Waals surface area contributed by atoms with Gasteiger partial charge in [0, 0.05) is 24.2 Å². The lowest BCUT2D eigenvalue weighted by molar-refractivity contribution is -0.141. The summed E-state index contributed by atoms with van der Waals surface area (Å²) in [6.07, 6.45) is 1.05. The number of aromatic nitrogens is 4. The van der Waals surface area contributed by atoms with Crippen LogP contribution in [0.3, 0.4) is 0 Å². The topological polar surface area (TPSA) is 97.1 Å². The van der Waals surface area contributed by atoms with Crippen LogP contribution in [0.15, 0.2) is 34.7 Å². The third-order valence-corrected chi connectivity index (χ3v) is 5.06. The molecule has 1 amide bonds. The molecule has 3 aromatic rings. The molecule has 8 heteroatoms. The number of nitrogens with zero attached hydrogens (tertiary/aromatic N) is 4. The largest absolute Gasteiger partial charge is 0.418 e. The van der Waals surface area contributed by atoms with E-state index < -0.39 is 0 Å². The molecule has 1 aromatic carbocycles. The van der Waals surface area contributed by atoms with Crippen molar-refractivity contribution in [3.05, 3.63) is 53.2 Å². The van der Waals surface area contributed by atoms with E-state index in [2.05, 4.69) is 20.4 Å². The van der Waals surface area contributed by atoms with Crippen molar-refractivity contribution in [1.82, 2.24) is 25.3 Å². The van der Waals surface area contributed by atoms with Gasteiger partial charge in [0.2, 0.25) is 17.7 Å². The predicted octanol–water partition coefficient (Wildman–Crippen LogP) is 2.61. The highest BCUT2D eigenvalue weighted by atomic mass is 16.5. The highest BCUT2D eigenvalue weighted by molar-refractivity contribution is 5.77. The van der Waals surface area contributed by atoms with Gasteiger partial charge in [0.15, 0.2) is 0 Å². The molecule has 4 rings (SSSR count). The Kier molecular flexibility index (Phi) is 5.21. The predicted molar refractivity (Wildman–Crippen MR) is 101 cm³/mol. The third-order valence-electron chi connectivity index (χ3n) is 5.06. The van der Waals surface area contributed by atoms with E-state index in [4.69, 9.17) is 9.15 Å². The molecule has 146 valence electrons. The normalized spacial score (nSPS) is 17.1. The Bertz CT molecular complexity index is 930. The van der Waals surface area contributed by atoms with Gasteiger partial charge in [-0.25, -0.2) is 0 Å². The van der Waals surface area contributed by atoms with Crippen molar-refractivity contribution in [2.24, 2.45) is 0 Å². The zero-order valence-electron chi connectivity index (χ0n) is 16.0. The second-order valence-corrected chi connectivity index (χ2v) is 6.90. The van der Waals surface area contributed by atoms with E-state index >= 15 is 0 Å². The maximum Gasteiger partial charge on any atom is 0.247 e. The molecule has 0 spiro atoms. The molecule has 0 aliphatic carbocycles. The molecule has 28 heavy (non-hydrogen) atoms. The Hall–Kier alpha value is -3.00. The first kappa shape index (κ1) is 18.4. The van der Waals surface area contributed by atoms with Gasteiger partial charge in [-0.15, -0.1) is 10.2 Å². The fourth-order valence-corrected chi connectivity index (χ4v) is 3.49. The third kappa shape index (κ3) is 3.68. The fraction of sp³-hybridized carbons (Fsp3) is 0.400. The minimum absolute atomic E-state index is 0.0489. The van der Waals surface area contributed by atoms with Crippen molar-refractivity contribution < 1.29 is 13.9 Å². The van der Waals surface area contributed by atoms with Crippen LogP contribution in [0.2, 0.25) is 0 Å². The summed E-state index contributed by atoms with van der Waals surface area (Å²) in [7, 11) is 0. The molecule has 1 aliphatic heterocycles. The molecule has 1 unspecified atom stereocenters. The van der Waals surface area contributed by atoms with Crippen LogP contribution in [-0.2, 0) is 16.0 Å². The summed E-state index contributed by atoms with van der Waals surface area (Å²) in [6, 6.07) is 9.22. The number of aromatic amines is 1. The van der Waals surface area contributed by atoms with E-state index in [1.54, 1.807) is 4.90 Å². The van der Waals surface area contributed by atoms with Crippen LogP contribution >= 0.6 is 0 Å². The van der Waals surface area contributed by atoms with Gasteiger partial charge in [0.1, 0.15) is 6.04 Å². The second kappa shape index (κ2) is 7.93. The SMILES string of the molecule is Cc1n[nH]c(C)c1CCC(=O)N1CCOCC1c1nnc(-c2ccccc2)o1. The molecule has 0 saturated carbocycles. The fourth-order valence-electron chi connectivity index (χ4n) is 3.49. The molecule has 1 fully saturated rings. The van der Waals surface area contributed by atoms with Crippen LogP contribution in [0.1, 0.15) is 35.3 Å². The number of amides is 1. The Morgan fingerprint density at radius 2 is 2.07 bits per heavy atom. The molecular formula is C20H23N5O3. The standard InChI is InChI=1S/C20H23N5O3/c1-13-16(14(2)22-21-13)8-9-18(26)25-10-11-27-12-17(25)20-24-23-19(28-20)15-6-4-3-5-7-15/h3-7,17H,8-12H2,1-2H3,(H,21,22). The van der Waals surface area contributed by atoms with Gasteiger partial charge in [-0.3, -0.25) is 9.89 Å². The zero-order chi connectivity index (χ0) is 19.5. The summed E-state index contributed by atoms with van der Waals surface area (Å²) >= 11 is 0. The summed E-state index contributed by atoms with van der Waals surface area (Å²) in [5, 5.41) is 15.5. The number of nitrogens with one attached hydrogen (secondary N) is 1. The van der Waals surface area contributed by atoms with Crippen molar-refractivity contribution in [3.63, 3.8) is 0 Å². The first-order valence-electron chi connectivity index (χ1n) is 9.40. The van der Waals surface area contributed by atoms with Gasteiger partial charge in [0.05, 0.1) is 18.9 Å². The lowest BCUT2D eigenvalue weighted by atomic mass is 10.1. The van der Waals surface area contributed by atoms with Crippen LogP contribution < -0.4 is 0 Å². The Morgan fingerprint density at radius 3 is 2.82 bits per heavy atom. The summed E-state index contributed by atoms with van der Waals surface area (Å²) in [4.78, 5) is 14.7. The molecule has 8 nitrogen and oxygen atoms in total. The summed E-state index contributed by atoms with van der Waals surface area (Å²) in [5.74, 6) is 0.897. The summed E-state index contributed by atoms with van der Waals surface area (Å²) < 4.78 is 11.5. The Balaban J connectivity index is 1.49. The quantitative estimate of drug-likeness (QED) is 0.730. The summed E-state index contributed by atoms with van der Waals surface area (Å²) in [6.45, 7) is 5.29. The van der Waals surface area contributed by atoms with Gasteiger partial charge < -0.3 is 14.1 Å². The van der Waals surface area contributed by atoms with E-state index in [0.717, 1.165) is 22.5 Å². The van der Waals surface area contributed by atoms with Crippen molar-refractivity contribution >= 4 is 5.91 Å². The highest BCUT2D eigenvalue weighted by Crippen LogP contribution is 2.27. The van der Waals surface area contributed by atoms with E-state index in [9.17, 15) is 4.79 Å². The molecule has 1 aliphatic rings. The smallest absolute Gasteiger partial charge is 0.247 e. The molecule has 2 aromatic heterocycles. The lowest BCUT2D eigenvalue weighted by Crippen LogP contribution is -2.43. The van der Waals surface area contributed by atoms with Crippen molar-refractivity contribution in [1.29, 1.82) is 0 Å². The minimum atomic E-state index is -0.363. The van der Waals surface area contributed by atoms with Gasteiger partial charge in [-0.05, 0) is 38.0 Å². The maximum absolute atomic E-state index is 12.9. The number of morpholine rings is 1. The summed E-state index contributed by atoms with van der Waals surface area (Å²) in [5.41, 5.74) is 3.89. The number of benzene rings is 1. The highest BCUT2D eigenvalue weighted by Gasteiger charge is 2.32. The first-order chi connectivity index (χ1) is 13.6. The van der Waals surface area contributed by atoms with E-state index in [1.165, 1.54) is 0 Å². The number of rotatable bonds is 5. The number of hydrogen-bond donors (Lipinski definition) is 1. The first-order valence-corrected chi connectivity index (χ1v) is 9.40. The molecule has 1 atom stereocenters. The van der Waals surface area contributed by atoms with Crippen molar-refractivity contribution in [2.45, 2.75) is 32.7 Å². The molecule has 3 heterocycles. The number of carbonyl (C=O) groups is 1. The number of H-pyrrole nitrogens is 1. The van der Waals surface area contributed by atoms with Gasteiger partial charge in [0.25, 0.3) is 0 Å². The van der Waals surface area contributed by atoms with Gasteiger partial charge in [-0.1, -0.05) is 18.2 Å². The Morgan fingerprint density at radius 1 is 1.25 bits per heavy atom.